The Hall–Kier alpha value is -3.31. The van der Waals surface area contributed by atoms with Crippen LogP contribution < -0.4 is 10.2 Å². The van der Waals surface area contributed by atoms with Crippen molar-refractivity contribution < 1.29 is 4.79 Å². The van der Waals surface area contributed by atoms with Gasteiger partial charge in [0.05, 0.1) is 22.3 Å². The summed E-state index contributed by atoms with van der Waals surface area (Å²) in [7, 11) is 0. The van der Waals surface area contributed by atoms with Crippen LogP contribution in [0.3, 0.4) is 0 Å². The van der Waals surface area contributed by atoms with Gasteiger partial charge in [0.2, 0.25) is 5.91 Å². The zero-order chi connectivity index (χ0) is 20.0. The van der Waals surface area contributed by atoms with E-state index in [4.69, 9.17) is 5.41 Å². The molecule has 29 heavy (non-hydrogen) atoms. The molecular weight excluding hydrogens is 378 g/mol. The van der Waals surface area contributed by atoms with Gasteiger partial charge in [-0.3, -0.25) is 15.1 Å². The first-order chi connectivity index (χ1) is 14.1. The third-order valence-electron chi connectivity index (χ3n) is 5.25. The van der Waals surface area contributed by atoms with Gasteiger partial charge in [-0.25, -0.2) is 0 Å². The monoisotopic (exact) mass is 397 g/mol. The predicted octanol–water partition coefficient (Wildman–Crippen LogP) is 5.53. The number of para-hydroxylation sites is 1. The normalized spacial score (nSPS) is 20.7. The highest BCUT2D eigenvalue weighted by Crippen LogP contribution is 2.48. The maximum atomic E-state index is 13.6. The van der Waals surface area contributed by atoms with Crippen molar-refractivity contribution in [3.63, 3.8) is 0 Å². The largest absolute Gasteiger partial charge is 0.349 e. The van der Waals surface area contributed by atoms with Gasteiger partial charge in [0.15, 0.2) is 0 Å². The first-order valence-electron chi connectivity index (χ1n) is 9.46. The molecule has 2 heterocycles. The molecule has 1 saturated heterocycles. The summed E-state index contributed by atoms with van der Waals surface area (Å²) in [6.45, 7) is 2.01. The number of rotatable bonds is 2. The molecule has 5 rings (SSSR count). The zero-order valence-corrected chi connectivity index (χ0v) is 16.7. The minimum atomic E-state index is -0.505. The smallest absolute Gasteiger partial charge is 0.244 e. The fraction of sp³-hybridized carbons (Fsp3) is 0.0833. The lowest BCUT2D eigenvalue weighted by Gasteiger charge is -2.16. The van der Waals surface area contributed by atoms with Crippen LogP contribution in [0, 0.1) is 12.3 Å². The number of amides is 1. The highest BCUT2D eigenvalue weighted by Gasteiger charge is 2.45. The van der Waals surface area contributed by atoms with Crippen molar-refractivity contribution in [3.8, 4) is 0 Å². The molecule has 1 amide bonds. The van der Waals surface area contributed by atoms with Crippen molar-refractivity contribution in [2.75, 3.05) is 10.2 Å². The SMILES string of the molecule is Cc1ccc(N2C(=N)C(=C3Nc4ccccc4S3)C(c3ccccc3)C2=O)cc1. The fourth-order valence-electron chi connectivity index (χ4n) is 3.80. The molecule has 0 aromatic heterocycles. The molecule has 2 aliphatic rings. The number of carbonyl (C=O) groups excluding carboxylic acids is 1. The Morgan fingerprint density at radius 2 is 1.62 bits per heavy atom. The molecule has 0 radical (unpaired) electrons. The average molecular weight is 398 g/mol. The van der Waals surface area contributed by atoms with Crippen LogP contribution >= 0.6 is 11.8 Å². The maximum Gasteiger partial charge on any atom is 0.244 e. The standard InChI is InChI=1S/C24H19N3OS/c1-15-11-13-17(14-12-15)27-22(25)21(20(24(27)28)16-7-3-2-4-8-16)23-26-18-9-5-6-10-19(18)29-23/h2-14,20,25-26H,1H3. The van der Waals surface area contributed by atoms with Crippen LogP contribution in [0.2, 0.25) is 0 Å². The number of hydrogen-bond acceptors (Lipinski definition) is 4. The van der Waals surface area contributed by atoms with E-state index in [1.807, 2.05) is 79.7 Å². The van der Waals surface area contributed by atoms with Crippen LogP contribution in [0.25, 0.3) is 0 Å². The van der Waals surface area contributed by atoms with Crippen LogP contribution in [0.15, 0.2) is 94.4 Å². The second-order valence-electron chi connectivity index (χ2n) is 7.17. The van der Waals surface area contributed by atoms with E-state index >= 15 is 0 Å². The van der Waals surface area contributed by atoms with Crippen LogP contribution in [0.1, 0.15) is 17.0 Å². The van der Waals surface area contributed by atoms with Gasteiger partial charge in [-0.2, -0.15) is 0 Å². The van der Waals surface area contributed by atoms with Gasteiger partial charge >= 0.3 is 0 Å². The predicted molar refractivity (Wildman–Crippen MR) is 119 cm³/mol. The van der Waals surface area contributed by atoms with E-state index in [2.05, 4.69) is 11.4 Å². The summed E-state index contributed by atoms with van der Waals surface area (Å²) < 4.78 is 0. The third kappa shape index (κ3) is 2.95. The molecule has 5 heteroatoms. The number of nitrogens with zero attached hydrogens (tertiary/aromatic N) is 1. The molecule has 2 N–H and O–H groups in total. The molecule has 4 nitrogen and oxygen atoms in total. The van der Waals surface area contributed by atoms with Crippen molar-refractivity contribution >= 4 is 34.9 Å². The Kier molecular flexibility index (Phi) is 4.25. The topological polar surface area (TPSA) is 56.2 Å². The molecule has 0 bridgehead atoms. The van der Waals surface area contributed by atoms with Gasteiger partial charge in [0.1, 0.15) is 5.84 Å². The van der Waals surface area contributed by atoms with Gasteiger partial charge in [0.25, 0.3) is 0 Å². The van der Waals surface area contributed by atoms with Crippen molar-refractivity contribution in [1.82, 2.24) is 0 Å². The number of amidine groups is 1. The lowest BCUT2D eigenvalue weighted by molar-refractivity contribution is -0.117. The van der Waals surface area contributed by atoms with E-state index in [1.165, 1.54) is 4.90 Å². The summed E-state index contributed by atoms with van der Waals surface area (Å²) in [6, 6.07) is 25.5. The molecule has 1 atom stereocenters. The van der Waals surface area contributed by atoms with Crippen LogP contribution in [-0.2, 0) is 4.79 Å². The summed E-state index contributed by atoms with van der Waals surface area (Å²) in [5.41, 5.74) is 4.48. The molecule has 3 aromatic carbocycles. The van der Waals surface area contributed by atoms with E-state index in [0.29, 0.717) is 0 Å². The second kappa shape index (κ2) is 6.94. The molecule has 0 aliphatic carbocycles. The molecule has 142 valence electrons. The number of hydrogen-bond donors (Lipinski definition) is 2. The minimum Gasteiger partial charge on any atom is -0.349 e. The summed E-state index contributed by atoms with van der Waals surface area (Å²) in [6.07, 6.45) is 0. The van der Waals surface area contributed by atoms with Gasteiger partial charge in [-0.15, -0.1) is 0 Å². The van der Waals surface area contributed by atoms with Crippen LogP contribution in [0.5, 0.6) is 0 Å². The number of carbonyl (C=O) groups is 1. The van der Waals surface area contributed by atoms with E-state index in [-0.39, 0.29) is 11.7 Å². The summed E-state index contributed by atoms with van der Waals surface area (Å²) in [5.74, 6) is -0.365. The Morgan fingerprint density at radius 1 is 0.931 bits per heavy atom. The van der Waals surface area contributed by atoms with Gasteiger partial charge in [-0.1, -0.05) is 71.9 Å². The van der Waals surface area contributed by atoms with Crippen molar-refractivity contribution in [1.29, 1.82) is 5.41 Å². The van der Waals surface area contributed by atoms with E-state index in [0.717, 1.165) is 38.0 Å². The summed E-state index contributed by atoms with van der Waals surface area (Å²) in [5, 5.41) is 13.2. The van der Waals surface area contributed by atoms with E-state index < -0.39 is 5.92 Å². The van der Waals surface area contributed by atoms with Crippen molar-refractivity contribution in [2.24, 2.45) is 0 Å². The summed E-state index contributed by atoms with van der Waals surface area (Å²) >= 11 is 1.59. The van der Waals surface area contributed by atoms with Crippen LogP contribution in [-0.4, -0.2) is 11.7 Å². The lowest BCUT2D eigenvalue weighted by Crippen LogP contribution is -2.29. The van der Waals surface area contributed by atoms with E-state index in [1.54, 1.807) is 11.8 Å². The highest BCUT2D eigenvalue weighted by molar-refractivity contribution is 8.03. The van der Waals surface area contributed by atoms with Gasteiger partial charge in [-0.05, 0) is 36.8 Å². The summed E-state index contributed by atoms with van der Waals surface area (Å²) in [4.78, 5) is 16.2. The molecule has 3 aromatic rings. The minimum absolute atomic E-state index is 0.0918. The van der Waals surface area contributed by atoms with Gasteiger partial charge < -0.3 is 5.32 Å². The third-order valence-corrected chi connectivity index (χ3v) is 6.35. The Balaban J connectivity index is 1.65. The molecule has 0 saturated carbocycles. The first-order valence-corrected chi connectivity index (χ1v) is 10.3. The number of anilines is 2. The van der Waals surface area contributed by atoms with Crippen molar-refractivity contribution in [3.05, 3.63) is 101 Å². The van der Waals surface area contributed by atoms with Crippen molar-refractivity contribution in [2.45, 2.75) is 17.7 Å². The number of thioether (sulfide) groups is 1. The molecule has 2 aliphatic heterocycles. The Labute approximate surface area is 173 Å². The molecular formula is C24H19N3OS. The van der Waals surface area contributed by atoms with Crippen LogP contribution in [0.4, 0.5) is 11.4 Å². The van der Waals surface area contributed by atoms with E-state index in [9.17, 15) is 4.79 Å². The molecule has 1 fully saturated rings. The number of benzene rings is 3. The number of aryl methyl sites for hydroxylation is 1. The number of fused-ring (bicyclic) bond motifs is 1. The average Bonchev–Trinajstić information content (AvgIpc) is 3.27. The highest BCUT2D eigenvalue weighted by atomic mass is 32.2. The van der Waals surface area contributed by atoms with Gasteiger partial charge in [0, 0.05) is 10.5 Å². The maximum absolute atomic E-state index is 13.6. The molecule has 0 spiro atoms. The number of nitrogens with one attached hydrogen (secondary N) is 2. The zero-order valence-electron chi connectivity index (χ0n) is 15.8. The quantitative estimate of drug-likeness (QED) is 0.598. The Morgan fingerprint density at radius 3 is 2.34 bits per heavy atom. The first kappa shape index (κ1) is 17.8. The Bertz CT molecular complexity index is 1130. The second-order valence-corrected chi connectivity index (χ2v) is 8.22. The lowest BCUT2D eigenvalue weighted by atomic mass is 9.93. The fourth-order valence-corrected chi connectivity index (χ4v) is 4.88. The molecule has 1 unspecified atom stereocenters.